The van der Waals surface area contributed by atoms with E-state index in [1.54, 1.807) is 15.8 Å². The lowest BCUT2D eigenvalue weighted by atomic mass is 9.97. The van der Waals surface area contributed by atoms with Gasteiger partial charge in [0.15, 0.2) is 0 Å². The Balaban J connectivity index is 2.08. The summed E-state index contributed by atoms with van der Waals surface area (Å²) in [5.41, 5.74) is 6.24. The van der Waals surface area contributed by atoms with E-state index in [-0.39, 0.29) is 11.6 Å². The third-order valence-corrected chi connectivity index (χ3v) is 3.99. The molecule has 1 fully saturated rings. The first-order chi connectivity index (χ1) is 9.71. The maximum absolute atomic E-state index is 11.5. The predicted octanol–water partition coefficient (Wildman–Crippen LogP) is 1.75. The largest absolute Gasteiger partial charge is 0.465 e. The van der Waals surface area contributed by atoms with E-state index in [0.717, 1.165) is 31.7 Å². The van der Waals surface area contributed by atoms with E-state index in [1.807, 2.05) is 27.8 Å². The lowest BCUT2D eigenvalue weighted by Gasteiger charge is -2.44. The van der Waals surface area contributed by atoms with Gasteiger partial charge in [-0.2, -0.15) is 5.10 Å². The van der Waals surface area contributed by atoms with E-state index in [2.05, 4.69) is 10.00 Å². The van der Waals surface area contributed by atoms with Gasteiger partial charge < -0.3 is 20.6 Å². The molecule has 21 heavy (non-hydrogen) atoms. The number of piperidine rings is 1. The van der Waals surface area contributed by atoms with Crippen LogP contribution in [0.15, 0.2) is 6.20 Å². The standard InChI is InChI=1S/C14H25N5O2/c1-14(2,3)19(13(20)21)10-5-7-18(8-6-10)12-11(15)9-16-17(12)4/h9-10H,5-8,15H2,1-4H3,(H,20,21). The second-order valence-electron chi connectivity index (χ2n) is 6.59. The van der Waals surface area contributed by atoms with Gasteiger partial charge in [-0.3, -0.25) is 4.68 Å². The van der Waals surface area contributed by atoms with E-state index in [1.165, 1.54) is 0 Å². The highest BCUT2D eigenvalue weighted by Gasteiger charge is 2.35. The van der Waals surface area contributed by atoms with Crippen LogP contribution in [0, 0.1) is 0 Å². The smallest absolute Gasteiger partial charge is 0.407 e. The van der Waals surface area contributed by atoms with Crippen molar-refractivity contribution in [1.29, 1.82) is 0 Å². The molecule has 1 aromatic rings. The van der Waals surface area contributed by atoms with Crippen LogP contribution in [0.3, 0.4) is 0 Å². The monoisotopic (exact) mass is 295 g/mol. The number of rotatable bonds is 2. The van der Waals surface area contributed by atoms with Gasteiger partial charge in [0.1, 0.15) is 5.82 Å². The molecule has 1 aromatic heterocycles. The molecule has 118 valence electrons. The Morgan fingerprint density at radius 3 is 2.38 bits per heavy atom. The van der Waals surface area contributed by atoms with Crippen LogP contribution in [-0.2, 0) is 7.05 Å². The number of amides is 1. The van der Waals surface area contributed by atoms with Crippen LogP contribution in [0.25, 0.3) is 0 Å². The third-order valence-electron chi connectivity index (χ3n) is 3.99. The number of carboxylic acid groups (broad SMARTS) is 1. The van der Waals surface area contributed by atoms with Gasteiger partial charge in [0.25, 0.3) is 0 Å². The zero-order chi connectivity index (χ0) is 15.8. The fraction of sp³-hybridized carbons (Fsp3) is 0.714. The molecule has 2 heterocycles. The van der Waals surface area contributed by atoms with Crippen molar-refractivity contribution in [1.82, 2.24) is 14.7 Å². The lowest BCUT2D eigenvalue weighted by molar-refractivity contribution is 0.0615. The summed E-state index contributed by atoms with van der Waals surface area (Å²) in [5, 5.41) is 13.6. The SMILES string of the molecule is Cn1ncc(N)c1N1CCC(N(C(=O)O)C(C)(C)C)CC1. The molecule has 1 aliphatic rings. The number of hydrogen-bond donors (Lipinski definition) is 2. The molecule has 0 aliphatic carbocycles. The van der Waals surface area contributed by atoms with Gasteiger partial charge in [0, 0.05) is 31.7 Å². The first kappa shape index (κ1) is 15.5. The van der Waals surface area contributed by atoms with Gasteiger partial charge >= 0.3 is 6.09 Å². The average Bonchev–Trinajstić information content (AvgIpc) is 2.68. The zero-order valence-corrected chi connectivity index (χ0v) is 13.2. The maximum Gasteiger partial charge on any atom is 0.407 e. The van der Waals surface area contributed by atoms with Gasteiger partial charge in [-0.25, -0.2) is 4.79 Å². The second kappa shape index (κ2) is 5.46. The van der Waals surface area contributed by atoms with Gasteiger partial charge in [0.05, 0.1) is 11.9 Å². The third kappa shape index (κ3) is 3.06. The van der Waals surface area contributed by atoms with Gasteiger partial charge in [-0.1, -0.05) is 0 Å². The molecule has 1 aliphatic heterocycles. The van der Waals surface area contributed by atoms with Crippen molar-refractivity contribution in [3.05, 3.63) is 6.20 Å². The van der Waals surface area contributed by atoms with Gasteiger partial charge in [-0.15, -0.1) is 0 Å². The Labute approximate surface area is 125 Å². The number of aryl methyl sites for hydroxylation is 1. The molecule has 0 radical (unpaired) electrons. The fourth-order valence-corrected chi connectivity index (χ4v) is 3.16. The molecule has 0 unspecified atom stereocenters. The van der Waals surface area contributed by atoms with E-state index in [0.29, 0.717) is 5.69 Å². The number of aromatic nitrogens is 2. The highest BCUT2D eigenvalue weighted by atomic mass is 16.4. The first-order valence-electron chi connectivity index (χ1n) is 7.26. The van der Waals surface area contributed by atoms with E-state index in [9.17, 15) is 9.90 Å². The van der Waals surface area contributed by atoms with Crippen molar-refractivity contribution in [2.75, 3.05) is 23.7 Å². The van der Waals surface area contributed by atoms with Crippen molar-refractivity contribution < 1.29 is 9.90 Å². The predicted molar refractivity (Wildman–Crippen MR) is 82.5 cm³/mol. The van der Waals surface area contributed by atoms with Crippen molar-refractivity contribution >= 4 is 17.6 Å². The van der Waals surface area contributed by atoms with Crippen LogP contribution >= 0.6 is 0 Å². The molecule has 1 amide bonds. The van der Waals surface area contributed by atoms with E-state index < -0.39 is 6.09 Å². The minimum absolute atomic E-state index is 0.0493. The molecular weight excluding hydrogens is 270 g/mol. The highest BCUT2D eigenvalue weighted by Crippen LogP contribution is 2.29. The quantitative estimate of drug-likeness (QED) is 0.868. The minimum atomic E-state index is -0.846. The minimum Gasteiger partial charge on any atom is -0.465 e. The summed E-state index contributed by atoms with van der Waals surface area (Å²) < 4.78 is 1.77. The Morgan fingerprint density at radius 1 is 1.43 bits per heavy atom. The fourth-order valence-electron chi connectivity index (χ4n) is 3.16. The summed E-state index contributed by atoms with van der Waals surface area (Å²) in [6.07, 6.45) is 2.41. The first-order valence-corrected chi connectivity index (χ1v) is 7.26. The number of nitrogens with two attached hydrogens (primary N) is 1. The number of carbonyl (C=O) groups is 1. The Bertz CT molecular complexity index is 492. The van der Waals surface area contributed by atoms with Crippen molar-refractivity contribution in [3.8, 4) is 0 Å². The zero-order valence-electron chi connectivity index (χ0n) is 13.2. The summed E-state index contributed by atoms with van der Waals surface area (Å²) in [5.74, 6) is 0.922. The molecule has 7 nitrogen and oxygen atoms in total. The summed E-state index contributed by atoms with van der Waals surface area (Å²) in [7, 11) is 1.87. The maximum atomic E-state index is 11.5. The molecule has 0 atom stereocenters. The number of hydrogen-bond acceptors (Lipinski definition) is 4. The topological polar surface area (TPSA) is 87.6 Å². The second-order valence-corrected chi connectivity index (χ2v) is 6.59. The van der Waals surface area contributed by atoms with Gasteiger partial charge in [0.2, 0.25) is 0 Å². The molecule has 7 heteroatoms. The summed E-state index contributed by atoms with van der Waals surface area (Å²) in [6.45, 7) is 7.38. The normalized spacial score (nSPS) is 17.0. The summed E-state index contributed by atoms with van der Waals surface area (Å²) in [6, 6.07) is 0.0493. The van der Waals surface area contributed by atoms with Gasteiger partial charge in [-0.05, 0) is 33.6 Å². The summed E-state index contributed by atoms with van der Waals surface area (Å²) in [4.78, 5) is 15.3. The Kier molecular flexibility index (Phi) is 4.02. The number of nitrogens with zero attached hydrogens (tertiary/aromatic N) is 4. The van der Waals surface area contributed by atoms with Crippen molar-refractivity contribution in [3.63, 3.8) is 0 Å². The Morgan fingerprint density at radius 2 is 2.00 bits per heavy atom. The van der Waals surface area contributed by atoms with Crippen LogP contribution in [-0.4, -0.2) is 50.6 Å². The van der Waals surface area contributed by atoms with Crippen molar-refractivity contribution in [2.24, 2.45) is 7.05 Å². The average molecular weight is 295 g/mol. The van der Waals surface area contributed by atoms with Crippen molar-refractivity contribution in [2.45, 2.75) is 45.2 Å². The molecule has 0 saturated carbocycles. The Hall–Kier alpha value is -1.92. The molecular formula is C14H25N5O2. The van der Waals surface area contributed by atoms with E-state index in [4.69, 9.17) is 5.73 Å². The highest BCUT2D eigenvalue weighted by molar-refractivity contribution is 5.67. The van der Waals surface area contributed by atoms with Crippen LogP contribution in [0.5, 0.6) is 0 Å². The molecule has 0 aromatic carbocycles. The molecule has 1 saturated heterocycles. The summed E-state index contributed by atoms with van der Waals surface area (Å²) >= 11 is 0. The molecule has 0 spiro atoms. The van der Waals surface area contributed by atoms with E-state index >= 15 is 0 Å². The van der Waals surface area contributed by atoms with Crippen LogP contribution < -0.4 is 10.6 Å². The van der Waals surface area contributed by atoms with Crippen LogP contribution in [0.1, 0.15) is 33.6 Å². The lowest BCUT2D eigenvalue weighted by Crippen LogP contribution is -2.54. The molecule has 0 bridgehead atoms. The number of anilines is 2. The van der Waals surface area contributed by atoms with Crippen LogP contribution in [0.2, 0.25) is 0 Å². The molecule has 3 N–H and O–H groups in total. The van der Waals surface area contributed by atoms with Crippen LogP contribution in [0.4, 0.5) is 16.3 Å². The molecule has 2 rings (SSSR count). The number of nitrogen functional groups attached to an aromatic ring is 1.